The molecule has 2 unspecified atom stereocenters. The molecule has 2 fully saturated rings. The molecule has 0 radical (unpaired) electrons. The van der Waals surface area contributed by atoms with Crippen molar-refractivity contribution in [2.75, 3.05) is 13.1 Å². The molecule has 25 heavy (non-hydrogen) atoms. The fraction of sp³-hybridized carbons (Fsp3) is 0.421. The normalized spacial score (nSPS) is 22.6. The Kier molecular flexibility index (Phi) is 4.03. The van der Waals surface area contributed by atoms with Gasteiger partial charge in [0.2, 0.25) is 0 Å². The highest BCUT2D eigenvalue weighted by Crippen LogP contribution is 2.36. The summed E-state index contributed by atoms with van der Waals surface area (Å²) in [5, 5.41) is 4.39. The van der Waals surface area contributed by atoms with E-state index in [1.807, 2.05) is 35.2 Å². The van der Waals surface area contributed by atoms with E-state index in [9.17, 15) is 9.59 Å². The van der Waals surface area contributed by atoms with E-state index in [0.29, 0.717) is 17.5 Å². The first kappa shape index (κ1) is 15.9. The van der Waals surface area contributed by atoms with Gasteiger partial charge >= 0.3 is 0 Å². The van der Waals surface area contributed by atoms with E-state index in [-0.39, 0.29) is 17.3 Å². The van der Waals surface area contributed by atoms with Crippen molar-refractivity contribution >= 4 is 11.8 Å². The van der Waals surface area contributed by atoms with Gasteiger partial charge in [0, 0.05) is 19.2 Å². The van der Waals surface area contributed by atoms with Gasteiger partial charge in [-0.05, 0) is 36.8 Å². The zero-order valence-corrected chi connectivity index (χ0v) is 14.1. The molecule has 0 bridgehead atoms. The lowest BCUT2D eigenvalue weighted by molar-refractivity contribution is 0.0777. The van der Waals surface area contributed by atoms with E-state index in [1.54, 1.807) is 0 Å². The smallest absolute Gasteiger partial charge is 0.274 e. The van der Waals surface area contributed by atoms with E-state index >= 15 is 0 Å². The van der Waals surface area contributed by atoms with E-state index in [0.717, 1.165) is 13.1 Å². The maximum Gasteiger partial charge on any atom is 0.274 e. The summed E-state index contributed by atoms with van der Waals surface area (Å²) in [5.74, 6) is 0.533. The zero-order chi connectivity index (χ0) is 17.4. The molecule has 1 saturated carbocycles. The van der Waals surface area contributed by atoms with Crippen LogP contribution >= 0.6 is 0 Å². The lowest BCUT2D eigenvalue weighted by Gasteiger charge is -2.22. The third-order valence-electron chi connectivity index (χ3n) is 5.45. The topological polar surface area (TPSA) is 81.2 Å². The Hall–Kier alpha value is -2.63. The Bertz CT molecular complexity index is 785. The minimum atomic E-state index is -0.592. The lowest BCUT2D eigenvalue weighted by atomic mass is 9.82. The summed E-state index contributed by atoms with van der Waals surface area (Å²) in [6.45, 7) is 1.60. The zero-order valence-electron chi connectivity index (χ0n) is 14.1. The van der Waals surface area contributed by atoms with Gasteiger partial charge in [0.1, 0.15) is 5.69 Å². The Morgan fingerprint density at radius 3 is 2.28 bits per heavy atom. The molecule has 1 saturated heterocycles. The molecular formula is C19H22N4O2. The molecule has 6 heteroatoms. The van der Waals surface area contributed by atoms with Gasteiger partial charge in [-0.15, -0.1) is 0 Å². The molecule has 130 valence electrons. The highest BCUT2D eigenvalue weighted by molar-refractivity contribution is 5.97. The van der Waals surface area contributed by atoms with Crippen LogP contribution in [0.25, 0.3) is 5.69 Å². The molecule has 2 aromatic rings. The van der Waals surface area contributed by atoms with Crippen LogP contribution in [-0.4, -0.2) is 39.6 Å². The van der Waals surface area contributed by atoms with Gasteiger partial charge < -0.3 is 10.6 Å². The van der Waals surface area contributed by atoms with Crippen LogP contribution < -0.4 is 5.73 Å². The van der Waals surface area contributed by atoms with Gasteiger partial charge in [-0.25, -0.2) is 4.68 Å². The summed E-state index contributed by atoms with van der Waals surface area (Å²) in [5.41, 5.74) is 6.72. The number of aromatic nitrogens is 2. The summed E-state index contributed by atoms with van der Waals surface area (Å²) < 4.78 is 1.46. The molecule has 1 aliphatic heterocycles. The Labute approximate surface area is 146 Å². The monoisotopic (exact) mass is 338 g/mol. The van der Waals surface area contributed by atoms with Crippen LogP contribution in [0.5, 0.6) is 0 Å². The molecule has 1 aromatic carbocycles. The number of primary amides is 1. The molecule has 2 amide bonds. The van der Waals surface area contributed by atoms with Crippen LogP contribution in [0.3, 0.4) is 0 Å². The first-order valence-corrected chi connectivity index (χ1v) is 8.88. The number of rotatable bonds is 3. The molecule has 2 N–H and O–H groups in total. The first-order chi connectivity index (χ1) is 12.1. The Morgan fingerprint density at radius 2 is 1.68 bits per heavy atom. The van der Waals surface area contributed by atoms with Crippen molar-refractivity contribution in [3.05, 3.63) is 47.8 Å². The molecule has 6 nitrogen and oxygen atoms in total. The maximum atomic E-state index is 12.9. The minimum absolute atomic E-state index is 0.105. The molecule has 2 aliphatic rings. The number of amides is 2. The van der Waals surface area contributed by atoms with Gasteiger partial charge in [-0.2, -0.15) is 5.10 Å². The fourth-order valence-electron chi connectivity index (χ4n) is 4.16. The minimum Gasteiger partial charge on any atom is -0.364 e. The number of hydrogen-bond acceptors (Lipinski definition) is 3. The molecule has 4 rings (SSSR count). The van der Waals surface area contributed by atoms with Crippen LogP contribution in [0.1, 0.15) is 46.7 Å². The van der Waals surface area contributed by atoms with Crippen LogP contribution in [0.4, 0.5) is 0 Å². The van der Waals surface area contributed by atoms with Crippen LogP contribution in [-0.2, 0) is 0 Å². The van der Waals surface area contributed by atoms with Gasteiger partial charge in [0.25, 0.3) is 11.8 Å². The number of benzene rings is 1. The van der Waals surface area contributed by atoms with Gasteiger partial charge in [0.05, 0.1) is 5.69 Å². The lowest BCUT2D eigenvalue weighted by Crippen LogP contribution is -2.29. The summed E-state index contributed by atoms with van der Waals surface area (Å²) >= 11 is 0. The highest BCUT2D eigenvalue weighted by atomic mass is 16.2. The number of nitrogens with two attached hydrogens (primary N) is 1. The maximum absolute atomic E-state index is 12.9. The molecule has 1 aliphatic carbocycles. The fourth-order valence-corrected chi connectivity index (χ4v) is 4.16. The van der Waals surface area contributed by atoms with Crippen molar-refractivity contribution < 1.29 is 9.59 Å². The second-order valence-corrected chi connectivity index (χ2v) is 7.04. The third-order valence-corrected chi connectivity index (χ3v) is 5.45. The quantitative estimate of drug-likeness (QED) is 0.932. The van der Waals surface area contributed by atoms with Crippen molar-refractivity contribution in [3.63, 3.8) is 0 Å². The number of nitrogens with zero attached hydrogens (tertiary/aromatic N) is 3. The summed E-state index contributed by atoms with van der Waals surface area (Å²) in [4.78, 5) is 26.6. The standard InChI is InChI=1S/C19H22N4O2/c20-18(24)17-10-16(21-23(17)15-8-2-1-3-9-15)19(25)22-11-13-6-4-5-7-14(13)12-22/h1-3,8-10,13-14H,4-7,11-12H2,(H2,20,24). The SMILES string of the molecule is NC(=O)c1cc(C(=O)N2CC3CCCCC3C2)nn1-c1ccccc1. The predicted octanol–water partition coefficient (Wildman–Crippen LogP) is 2.23. The number of para-hydroxylation sites is 1. The highest BCUT2D eigenvalue weighted by Gasteiger charge is 2.37. The largest absolute Gasteiger partial charge is 0.364 e. The van der Waals surface area contributed by atoms with Crippen molar-refractivity contribution in [1.29, 1.82) is 0 Å². The number of carbonyl (C=O) groups excluding carboxylic acids is 2. The van der Waals surface area contributed by atoms with Crippen LogP contribution in [0.2, 0.25) is 0 Å². The molecule has 0 spiro atoms. The van der Waals surface area contributed by atoms with E-state index < -0.39 is 5.91 Å². The Balaban J connectivity index is 1.62. The van der Waals surface area contributed by atoms with Crippen LogP contribution in [0.15, 0.2) is 36.4 Å². The van der Waals surface area contributed by atoms with Crippen molar-refractivity contribution in [2.45, 2.75) is 25.7 Å². The number of fused-ring (bicyclic) bond motifs is 1. The van der Waals surface area contributed by atoms with Crippen LogP contribution in [0, 0.1) is 11.8 Å². The third kappa shape index (κ3) is 2.92. The average Bonchev–Trinajstić information content (AvgIpc) is 3.26. The predicted molar refractivity (Wildman–Crippen MR) is 93.4 cm³/mol. The van der Waals surface area contributed by atoms with Crippen molar-refractivity contribution in [1.82, 2.24) is 14.7 Å². The number of hydrogen-bond donors (Lipinski definition) is 1. The van der Waals surface area contributed by atoms with Gasteiger partial charge in [-0.1, -0.05) is 31.0 Å². The molecule has 2 heterocycles. The average molecular weight is 338 g/mol. The van der Waals surface area contributed by atoms with E-state index in [4.69, 9.17) is 5.73 Å². The van der Waals surface area contributed by atoms with Gasteiger partial charge in [-0.3, -0.25) is 9.59 Å². The van der Waals surface area contributed by atoms with Crippen molar-refractivity contribution in [3.8, 4) is 5.69 Å². The second kappa shape index (κ2) is 6.35. The Morgan fingerprint density at radius 1 is 1.04 bits per heavy atom. The van der Waals surface area contributed by atoms with Crippen molar-refractivity contribution in [2.24, 2.45) is 17.6 Å². The second-order valence-electron chi connectivity index (χ2n) is 7.04. The van der Waals surface area contributed by atoms with Gasteiger partial charge in [0.15, 0.2) is 5.69 Å². The summed E-state index contributed by atoms with van der Waals surface area (Å²) in [6.07, 6.45) is 4.94. The number of likely N-dealkylation sites (tertiary alicyclic amines) is 1. The summed E-state index contributed by atoms with van der Waals surface area (Å²) in [6, 6.07) is 10.8. The molecule has 1 aromatic heterocycles. The number of carbonyl (C=O) groups is 2. The van der Waals surface area contributed by atoms with E-state index in [2.05, 4.69) is 5.10 Å². The van der Waals surface area contributed by atoms with E-state index in [1.165, 1.54) is 36.4 Å². The molecular weight excluding hydrogens is 316 g/mol. The molecule has 2 atom stereocenters. The summed E-state index contributed by atoms with van der Waals surface area (Å²) in [7, 11) is 0. The first-order valence-electron chi connectivity index (χ1n) is 8.88.